The van der Waals surface area contributed by atoms with Gasteiger partial charge in [-0.3, -0.25) is 0 Å². The summed E-state index contributed by atoms with van der Waals surface area (Å²) in [5, 5.41) is 0. The molecule has 0 saturated carbocycles. The smallest absolute Gasteiger partial charge is 0.0412 e. The van der Waals surface area contributed by atoms with Gasteiger partial charge in [0.1, 0.15) is 0 Å². The van der Waals surface area contributed by atoms with Crippen molar-refractivity contribution in [2.45, 2.75) is 26.2 Å². The molecule has 0 heterocycles. The Balaban J connectivity index is 2.21. The third-order valence-electron chi connectivity index (χ3n) is 3.26. The third-order valence-corrected chi connectivity index (χ3v) is 3.26. The fourth-order valence-electron chi connectivity index (χ4n) is 2.19. The molecule has 0 fully saturated rings. The Bertz CT molecular complexity index is 476. The molecule has 2 nitrogen and oxygen atoms in total. The van der Waals surface area contributed by atoms with Crippen LogP contribution < -0.4 is 10.6 Å². The quantitative estimate of drug-likeness (QED) is 0.603. The van der Waals surface area contributed by atoms with Crippen LogP contribution in [0.3, 0.4) is 0 Å². The number of benzene rings is 2. The van der Waals surface area contributed by atoms with E-state index in [0.717, 1.165) is 12.2 Å². The minimum atomic E-state index is 0.810. The van der Waals surface area contributed by atoms with Crippen LogP contribution in [0.2, 0.25) is 0 Å². The van der Waals surface area contributed by atoms with Crippen LogP contribution in [-0.2, 0) is 0 Å². The standard InChI is InChI=1S/C17H22N2/c1-2-3-7-14-19(16-8-5-4-6-9-16)17-12-10-15(18)11-13-17/h4-6,8-13H,2-3,7,14,18H2,1H3. The summed E-state index contributed by atoms with van der Waals surface area (Å²) in [6.07, 6.45) is 3.71. The van der Waals surface area contributed by atoms with E-state index in [0.29, 0.717) is 0 Å². The lowest BCUT2D eigenvalue weighted by Gasteiger charge is -2.25. The maximum absolute atomic E-state index is 5.77. The molecule has 0 aromatic heterocycles. The number of nitrogen functional groups attached to an aromatic ring is 1. The van der Waals surface area contributed by atoms with E-state index in [-0.39, 0.29) is 0 Å². The number of rotatable bonds is 6. The van der Waals surface area contributed by atoms with Crippen molar-refractivity contribution in [3.8, 4) is 0 Å². The Hall–Kier alpha value is -1.96. The van der Waals surface area contributed by atoms with Gasteiger partial charge in [0.2, 0.25) is 0 Å². The van der Waals surface area contributed by atoms with Gasteiger partial charge in [-0.1, -0.05) is 38.0 Å². The molecule has 2 rings (SSSR count). The van der Waals surface area contributed by atoms with E-state index in [9.17, 15) is 0 Å². The van der Waals surface area contributed by atoms with Gasteiger partial charge < -0.3 is 10.6 Å². The maximum atomic E-state index is 5.77. The molecule has 0 aliphatic rings. The van der Waals surface area contributed by atoms with Crippen LogP contribution in [0, 0.1) is 0 Å². The molecule has 2 N–H and O–H groups in total. The average Bonchev–Trinajstić information content (AvgIpc) is 2.46. The number of hydrogen-bond acceptors (Lipinski definition) is 2. The van der Waals surface area contributed by atoms with E-state index < -0.39 is 0 Å². The molecule has 2 aromatic carbocycles. The van der Waals surface area contributed by atoms with Gasteiger partial charge in [0, 0.05) is 23.6 Å². The SMILES string of the molecule is CCCCCN(c1ccccc1)c1ccc(N)cc1. The fourth-order valence-corrected chi connectivity index (χ4v) is 2.19. The molecule has 2 heteroatoms. The van der Waals surface area contributed by atoms with Gasteiger partial charge in [-0.15, -0.1) is 0 Å². The van der Waals surface area contributed by atoms with E-state index in [1.54, 1.807) is 0 Å². The first-order valence-corrected chi connectivity index (χ1v) is 6.99. The van der Waals surface area contributed by atoms with Crippen LogP contribution in [0.4, 0.5) is 17.1 Å². The zero-order chi connectivity index (χ0) is 13.5. The predicted octanol–water partition coefficient (Wildman–Crippen LogP) is 4.60. The Morgan fingerprint density at radius 3 is 2.11 bits per heavy atom. The van der Waals surface area contributed by atoms with Crippen molar-refractivity contribution in [3.63, 3.8) is 0 Å². The summed E-state index contributed by atoms with van der Waals surface area (Å²) in [4.78, 5) is 2.36. The van der Waals surface area contributed by atoms with Gasteiger partial charge in [-0.2, -0.15) is 0 Å². The Morgan fingerprint density at radius 2 is 1.47 bits per heavy atom. The molecule has 0 saturated heterocycles. The summed E-state index contributed by atoms with van der Waals surface area (Å²) in [5.41, 5.74) is 9.02. The van der Waals surface area contributed by atoms with E-state index in [4.69, 9.17) is 5.73 Å². The third kappa shape index (κ3) is 3.75. The Labute approximate surface area is 115 Å². The summed E-state index contributed by atoms with van der Waals surface area (Å²) in [6, 6.07) is 18.6. The molecule has 0 bridgehead atoms. The molecular weight excluding hydrogens is 232 g/mol. The molecule has 0 unspecified atom stereocenters. The minimum absolute atomic E-state index is 0.810. The van der Waals surface area contributed by atoms with Gasteiger partial charge in [-0.25, -0.2) is 0 Å². The number of unbranched alkanes of at least 4 members (excludes halogenated alkanes) is 2. The van der Waals surface area contributed by atoms with Gasteiger partial charge in [-0.05, 0) is 42.8 Å². The second kappa shape index (κ2) is 6.83. The first-order valence-electron chi connectivity index (χ1n) is 6.99. The molecular formula is C17H22N2. The normalized spacial score (nSPS) is 10.4. The van der Waals surface area contributed by atoms with Crippen LogP contribution >= 0.6 is 0 Å². The molecule has 2 aromatic rings. The lowest BCUT2D eigenvalue weighted by Crippen LogP contribution is -2.18. The predicted molar refractivity (Wildman–Crippen MR) is 83.8 cm³/mol. The monoisotopic (exact) mass is 254 g/mol. The van der Waals surface area contributed by atoms with Crippen molar-refractivity contribution in [2.24, 2.45) is 0 Å². The second-order valence-electron chi connectivity index (χ2n) is 4.79. The first-order chi connectivity index (χ1) is 9.31. The van der Waals surface area contributed by atoms with E-state index in [1.807, 2.05) is 12.1 Å². The Kier molecular flexibility index (Phi) is 4.85. The summed E-state index contributed by atoms with van der Waals surface area (Å²) in [7, 11) is 0. The average molecular weight is 254 g/mol. The summed E-state index contributed by atoms with van der Waals surface area (Å²) in [5.74, 6) is 0. The highest BCUT2D eigenvalue weighted by Gasteiger charge is 2.08. The zero-order valence-electron chi connectivity index (χ0n) is 11.5. The highest BCUT2D eigenvalue weighted by atomic mass is 15.1. The van der Waals surface area contributed by atoms with E-state index in [2.05, 4.69) is 54.3 Å². The van der Waals surface area contributed by atoms with E-state index in [1.165, 1.54) is 30.6 Å². The number of nitrogens with zero attached hydrogens (tertiary/aromatic N) is 1. The summed E-state index contributed by atoms with van der Waals surface area (Å²) < 4.78 is 0. The van der Waals surface area contributed by atoms with E-state index >= 15 is 0 Å². The van der Waals surface area contributed by atoms with Gasteiger partial charge in [0.05, 0.1) is 0 Å². The number of nitrogens with two attached hydrogens (primary N) is 1. The number of para-hydroxylation sites is 1. The lowest BCUT2D eigenvalue weighted by molar-refractivity contribution is 0.716. The van der Waals surface area contributed by atoms with Crippen LogP contribution in [-0.4, -0.2) is 6.54 Å². The van der Waals surface area contributed by atoms with Crippen LogP contribution in [0.1, 0.15) is 26.2 Å². The Morgan fingerprint density at radius 1 is 0.842 bits per heavy atom. The van der Waals surface area contributed by atoms with Crippen molar-refractivity contribution < 1.29 is 0 Å². The number of anilines is 3. The minimum Gasteiger partial charge on any atom is -0.399 e. The molecule has 0 aliphatic heterocycles. The summed E-state index contributed by atoms with van der Waals surface area (Å²) >= 11 is 0. The van der Waals surface area contributed by atoms with Crippen LogP contribution in [0.15, 0.2) is 54.6 Å². The molecule has 100 valence electrons. The van der Waals surface area contributed by atoms with Gasteiger partial charge >= 0.3 is 0 Å². The van der Waals surface area contributed by atoms with Gasteiger partial charge in [0.25, 0.3) is 0 Å². The second-order valence-corrected chi connectivity index (χ2v) is 4.79. The van der Waals surface area contributed by atoms with Crippen molar-refractivity contribution in [3.05, 3.63) is 54.6 Å². The van der Waals surface area contributed by atoms with Crippen molar-refractivity contribution in [1.29, 1.82) is 0 Å². The molecule has 0 spiro atoms. The summed E-state index contributed by atoms with van der Waals surface area (Å²) in [6.45, 7) is 3.28. The maximum Gasteiger partial charge on any atom is 0.0412 e. The molecule has 0 aliphatic carbocycles. The largest absolute Gasteiger partial charge is 0.399 e. The molecule has 0 radical (unpaired) electrons. The molecule has 0 atom stereocenters. The molecule has 19 heavy (non-hydrogen) atoms. The van der Waals surface area contributed by atoms with Crippen molar-refractivity contribution >= 4 is 17.1 Å². The topological polar surface area (TPSA) is 29.3 Å². The van der Waals surface area contributed by atoms with Crippen molar-refractivity contribution in [2.75, 3.05) is 17.2 Å². The number of hydrogen-bond donors (Lipinski definition) is 1. The molecule has 0 amide bonds. The highest BCUT2D eigenvalue weighted by molar-refractivity contribution is 5.64. The van der Waals surface area contributed by atoms with Gasteiger partial charge in [0.15, 0.2) is 0 Å². The lowest BCUT2D eigenvalue weighted by atomic mass is 10.2. The van der Waals surface area contributed by atoms with Crippen molar-refractivity contribution in [1.82, 2.24) is 0 Å². The fraction of sp³-hybridized carbons (Fsp3) is 0.294. The highest BCUT2D eigenvalue weighted by Crippen LogP contribution is 2.26. The first kappa shape index (κ1) is 13.5. The van der Waals surface area contributed by atoms with Crippen LogP contribution in [0.5, 0.6) is 0 Å². The zero-order valence-corrected chi connectivity index (χ0v) is 11.5. The van der Waals surface area contributed by atoms with Crippen LogP contribution in [0.25, 0.3) is 0 Å².